The van der Waals surface area contributed by atoms with Crippen LogP contribution in [-0.4, -0.2) is 11.1 Å². The van der Waals surface area contributed by atoms with Crippen LogP contribution in [0.2, 0.25) is 0 Å². The normalized spacial score (nSPS) is 9.00. The highest BCUT2D eigenvalue weighted by Gasteiger charge is 1.94. The van der Waals surface area contributed by atoms with Crippen molar-refractivity contribution < 1.29 is 18.7 Å². The first-order valence-electron chi connectivity index (χ1n) is 2.86. The van der Waals surface area contributed by atoms with E-state index >= 15 is 0 Å². The summed E-state index contributed by atoms with van der Waals surface area (Å²) < 4.78 is 22.5. The van der Waals surface area contributed by atoms with Crippen molar-refractivity contribution in [2.75, 3.05) is 0 Å². The lowest BCUT2D eigenvalue weighted by molar-refractivity contribution is -0.137. The van der Waals surface area contributed by atoms with E-state index in [0.29, 0.717) is 0 Å². The van der Waals surface area contributed by atoms with Crippen molar-refractivity contribution in [2.24, 2.45) is 0 Å². The number of unbranched alkanes of at least 4 members (excludes halogenated alkanes) is 1. The topological polar surface area (TPSA) is 37.3 Å². The molecule has 0 saturated carbocycles. The molecule has 4 heteroatoms. The number of allylic oxidation sites excluding steroid dienone is 1. The Morgan fingerprint density at radius 2 is 2.10 bits per heavy atom. The molecule has 0 saturated heterocycles. The van der Waals surface area contributed by atoms with Crippen LogP contribution in [0.5, 0.6) is 0 Å². The minimum atomic E-state index is -1.75. The Morgan fingerprint density at radius 3 is 2.50 bits per heavy atom. The maximum Gasteiger partial charge on any atom is 0.303 e. The number of carbonyl (C=O) groups is 1. The summed E-state index contributed by atoms with van der Waals surface area (Å²) in [4.78, 5) is 9.84. The summed E-state index contributed by atoms with van der Waals surface area (Å²) in [6.45, 7) is 0. The van der Waals surface area contributed by atoms with Gasteiger partial charge in [-0.15, -0.1) is 0 Å². The van der Waals surface area contributed by atoms with Crippen molar-refractivity contribution >= 4 is 5.97 Å². The van der Waals surface area contributed by atoms with Gasteiger partial charge in [0, 0.05) is 6.42 Å². The monoisotopic (exact) mass is 150 g/mol. The van der Waals surface area contributed by atoms with Crippen molar-refractivity contribution in [3.63, 3.8) is 0 Å². The molecule has 0 unspecified atom stereocenters. The maximum atomic E-state index is 11.3. The van der Waals surface area contributed by atoms with E-state index in [-0.39, 0.29) is 19.3 Å². The van der Waals surface area contributed by atoms with Crippen molar-refractivity contribution in [2.45, 2.75) is 19.3 Å². The third-order valence-electron chi connectivity index (χ3n) is 0.893. The fourth-order valence-electron chi connectivity index (χ4n) is 0.464. The van der Waals surface area contributed by atoms with Crippen LogP contribution in [0.4, 0.5) is 8.78 Å². The number of carboxylic acid groups (broad SMARTS) is 1. The highest BCUT2D eigenvalue weighted by Crippen LogP contribution is 2.02. The number of halogens is 2. The number of aliphatic carboxylic acids is 1. The van der Waals surface area contributed by atoms with Crippen molar-refractivity contribution in [1.29, 1.82) is 0 Å². The van der Waals surface area contributed by atoms with Crippen LogP contribution in [0.15, 0.2) is 12.2 Å². The summed E-state index contributed by atoms with van der Waals surface area (Å²) in [6.07, 6.45) is -0.668. The van der Waals surface area contributed by atoms with Gasteiger partial charge in [-0.3, -0.25) is 4.79 Å². The molecule has 0 atom stereocenters. The molecular formula is C6H8F2O2. The van der Waals surface area contributed by atoms with Crippen LogP contribution in [0.1, 0.15) is 19.3 Å². The molecule has 0 aliphatic rings. The molecule has 1 N–H and O–H groups in total. The van der Waals surface area contributed by atoms with E-state index in [4.69, 9.17) is 5.11 Å². The lowest BCUT2D eigenvalue weighted by Crippen LogP contribution is -1.92. The summed E-state index contributed by atoms with van der Waals surface area (Å²) in [6, 6.07) is 0. The average molecular weight is 150 g/mol. The zero-order valence-electron chi connectivity index (χ0n) is 5.31. The largest absolute Gasteiger partial charge is 0.481 e. The zero-order chi connectivity index (χ0) is 7.98. The van der Waals surface area contributed by atoms with Gasteiger partial charge in [-0.05, 0) is 18.9 Å². The van der Waals surface area contributed by atoms with Crippen molar-refractivity contribution in [3.8, 4) is 0 Å². The maximum absolute atomic E-state index is 11.3. The molecule has 0 aromatic rings. The molecule has 0 aliphatic heterocycles. The Balaban J connectivity index is 3.21. The molecule has 0 aliphatic carbocycles. The first-order chi connectivity index (χ1) is 4.63. The smallest absolute Gasteiger partial charge is 0.303 e. The summed E-state index contributed by atoms with van der Waals surface area (Å²) >= 11 is 0. The zero-order valence-corrected chi connectivity index (χ0v) is 5.31. The molecule has 10 heavy (non-hydrogen) atoms. The summed E-state index contributed by atoms with van der Waals surface area (Å²) in [7, 11) is 0. The summed E-state index contributed by atoms with van der Waals surface area (Å²) in [5.74, 6) is -0.951. The lowest BCUT2D eigenvalue weighted by atomic mass is 10.2. The highest BCUT2D eigenvalue weighted by molar-refractivity contribution is 5.66. The average Bonchev–Trinajstić information content (AvgIpc) is 1.79. The molecule has 0 amide bonds. The van der Waals surface area contributed by atoms with E-state index in [1.807, 2.05) is 0 Å². The highest BCUT2D eigenvalue weighted by atomic mass is 19.3. The van der Waals surface area contributed by atoms with Crippen LogP contribution in [-0.2, 0) is 4.79 Å². The van der Waals surface area contributed by atoms with Crippen LogP contribution < -0.4 is 0 Å². The predicted molar refractivity (Wildman–Crippen MR) is 31.8 cm³/mol. The van der Waals surface area contributed by atoms with Crippen LogP contribution in [0.3, 0.4) is 0 Å². The summed E-state index contributed by atoms with van der Waals surface area (Å²) in [5, 5.41) is 8.07. The van der Waals surface area contributed by atoms with Gasteiger partial charge >= 0.3 is 5.97 Å². The molecule has 0 bridgehead atoms. The van der Waals surface area contributed by atoms with Gasteiger partial charge < -0.3 is 5.11 Å². The van der Waals surface area contributed by atoms with Crippen molar-refractivity contribution in [1.82, 2.24) is 0 Å². The van der Waals surface area contributed by atoms with E-state index in [0.717, 1.165) is 6.08 Å². The second-order valence-corrected chi connectivity index (χ2v) is 1.78. The lowest BCUT2D eigenvalue weighted by Gasteiger charge is -1.88. The first-order valence-corrected chi connectivity index (χ1v) is 2.86. The molecule has 58 valence electrons. The fourth-order valence-corrected chi connectivity index (χ4v) is 0.464. The molecule has 0 aromatic carbocycles. The van der Waals surface area contributed by atoms with E-state index in [2.05, 4.69) is 0 Å². The third kappa shape index (κ3) is 7.07. The predicted octanol–water partition coefficient (Wildman–Crippen LogP) is 2.02. The Morgan fingerprint density at radius 1 is 1.50 bits per heavy atom. The van der Waals surface area contributed by atoms with E-state index in [9.17, 15) is 13.6 Å². The van der Waals surface area contributed by atoms with Gasteiger partial charge in [0.05, 0.1) is 0 Å². The molecule has 0 rings (SSSR count). The molecule has 2 nitrogen and oxygen atoms in total. The molecular weight excluding hydrogens is 142 g/mol. The van der Waals surface area contributed by atoms with Crippen LogP contribution >= 0.6 is 0 Å². The Labute approximate surface area is 57.2 Å². The second kappa shape index (κ2) is 4.90. The molecule has 0 spiro atoms. The standard InChI is InChI=1S/C6H8F2O2/c7-5(8)3-1-2-4-6(9)10/h3H,1-2,4H2,(H,9,10). The third-order valence-corrected chi connectivity index (χ3v) is 0.893. The second-order valence-electron chi connectivity index (χ2n) is 1.78. The van der Waals surface area contributed by atoms with Gasteiger partial charge in [-0.25, -0.2) is 0 Å². The number of rotatable bonds is 4. The fraction of sp³-hybridized carbons (Fsp3) is 0.500. The van der Waals surface area contributed by atoms with Gasteiger partial charge in [0.1, 0.15) is 0 Å². The van der Waals surface area contributed by atoms with Gasteiger partial charge in [0.25, 0.3) is 6.08 Å². The van der Waals surface area contributed by atoms with E-state index in [1.165, 1.54) is 0 Å². The van der Waals surface area contributed by atoms with Gasteiger partial charge in [0.15, 0.2) is 0 Å². The SMILES string of the molecule is O=C(O)CCCC=C(F)F. The van der Waals surface area contributed by atoms with Gasteiger partial charge in [-0.1, -0.05) is 0 Å². The van der Waals surface area contributed by atoms with Crippen molar-refractivity contribution in [3.05, 3.63) is 12.2 Å². The Kier molecular flexibility index (Phi) is 4.45. The summed E-state index contributed by atoms with van der Waals surface area (Å²) in [5.41, 5.74) is 0. The quantitative estimate of drug-likeness (QED) is 0.622. The van der Waals surface area contributed by atoms with Gasteiger partial charge in [-0.2, -0.15) is 8.78 Å². The Bertz CT molecular complexity index is 139. The van der Waals surface area contributed by atoms with Crippen LogP contribution in [0, 0.1) is 0 Å². The number of carboxylic acids is 1. The molecule has 0 aromatic heterocycles. The molecule has 0 heterocycles. The Hall–Kier alpha value is -0.930. The number of hydrogen-bond donors (Lipinski definition) is 1. The van der Waals surface area contributed by atoms with Crippen LogP contribution in [0.25, 0.3) is 0 Å². The number of hydrogen-bond acceptors (Lipinski definition) is 1. The minimum absolute atomic E-state index is 0.0518. The molecule has 0 radical (unpaired) electrons. The molecule has 0 fully saturated rings. The van der Waals surface area contributed by atoms with E-state index in [1.54, 1.807) is 0 Å². The van der Waals surface area contributed by atoms with Gasteiger partial charge in [0.2, 0.25) is 0 Å². The first kappa shape index (κ1) is 9.07. The van der Waals surface area contributed by atoms with E-state index < -0.39 is 12.0 Å². The minimum Gasteiger partial charge on any atom is -0.481 e.